The summed E-state index contributed by atoms with van der Waals surface area (Å²) in [6.45, 7) is -0.316. The van der Waals surface area contributed by atoms with Crippen molar-refractivity contribution in [3.63, 3.8) is 0 Å². The van der Waals surface area contributed by atoms with Crippen LogP contribution in [0.15, 0.2) is 46.1 Å². The average molecular weight is 563 g/mol. The number of halogens is 2. The van der Waals surface area contributed by atoms with Gasteiger partial charge in [0.05, 0.1) is 33.7 Å². The van der Waals surface area contributed by atoms with Crippen molar-refractivity contribution >= 4 is 13.6 Å². The molecule has 1 aromatic heterocycles. The highest BCUT2D eigenvalue weighted by molar-refractivity contribution is 7.54. The molecule has 2 aromatic rings. The zero-order valence-corrected chi connectivity index (χ0v) is 21.6. The fourth-order valence-corrected chi connectivity index (χ4v) is 5.30. The number of aromatic nitrogens is 2. The number of carbonyl (C=O) groups is 1. The Hall–Kier alpha value is -2.90. The second kappa shape index (κ2) is 11.9. The van der Waals surface area contributed by atoms with E-state index >= 15 is 0 Å². The molecule has 38 heavy (non-hydrogen) atoms. The van der Waals surface area contributed by atoms with E-state index in [1.54, 1.807) is 24.9 Å². The lowest BCUT2D eigenvalue weighted by molar-refractivity contribution is -0.151. The monoisotopic (exact) mass is 563 g/mol. The number of esters is 1. The van der Waals surface area contributed by atoms with Crippen LogP contribution in [-0.4, -0.2) is 63.9 Å². The first-order valence-electron chi connectivity index (χ1n) is 12.5. The van der Waals surface area contributed by atoms with E-state index in [-0.39, 0.29) is 5.75 Å². The van der Waals surface area contributed by atoms with Gasteiger partial charge in [0.1, 0.15) is 30.2 Å². The van der Waals surface area contributed by atoms with Crippen LogP contribution < -0.4 is 21.5 Å². The van der Waals surface area contributed by atoms with Crippen LogP contribution in [0.25, 0.3) is 0 Å². The van der Waals surface area contributed by atoms with E-state index in [2.05, 4.69) is 0 Å². The number of benzene rings is 1. The SMILES string of the molecule is [2H]C([2H])(O[P@](=O)(C[C@@H](C)C(=O)OC(C)C)Oc1ccccc1)[C@H]1O[C@@H](n2cc(F)c(=O)[nH]c2=O)C(N)(CF)[C@H]1O. The Morgan fingerprint density at radius 1 is 1.34 bits per heavy atom. The Morgan fingerprint density at radius 3 is 2.61 bits per heavy atom. The first kappa shape index (κ1) is 26.7. The predicted molar refractivity (Wildman–Crippen MR) is 130 cm³/mol. The molecule has 210 valence electrons. The molecule has 0 aliphatic carbocycles. The van der Waals surface area contributed by atoms with Gasteiger partial charge >= 0.3 is 19.3 Å². The summed E-state index contributed by atoms with van der Waals surface area (Å²) in [7, 11) is -4.64. The largest absolute Gasteiger partial charge is 0.463 e. The Labute approximate surface area is 219 Å². The number of hydrogen-bond acceptors (Lipinski definition) is 10. The van der Waals surface area contributed by atoms with Crippen LogP contribution >= 0.6 is 7.60 Å². The van der Waals surface area contributed by atoms with E-state index in [4.69, 9.17) is 27.0 Å². The van der Waals surface area contributed by atoms with Gasteiger partial charge in [-0.05, 0) is 26.0 Å². The van der Waals surface area contributed by atoms with E-state index in [0.29, 0.717) is 10.8 Å². The molecule has 0 bridgehead atoms. The molecular weight excluding hydrogens is 531 g/mol. The van der Waals surface area contributed by atoms with Gasteiger partial charge in [-0.1, -0.05) is 25.1 Å². The second-order valence-corrected chi connectivity index (χ2v) is 11.0. The molecule has 1 aliphatic rings. The van der Waals surface area contributed by atoms with Crippen molar-refractivity contribution in [1.29, 1.82) is 0 Å². The zero-order valence-electron chi connectivity index (χ0n) is 22.7. The minimum Gasteiger partial charge on any atom is -0.463 e. The van der Waals surface area contributed by atoms with Crippen LogP contribution in [0.5, 0.6) is 5.75 Å². The van der Waals surface area contributed by atoms with Gasteiger partial charge in [0.25, 0.3) is 5.56 Å². The molecule has 15 heteroatoms. The summed E-state index contributed by atoms with van der Waals surface area (Å²) in [5.74, 6) is -3.36. The number of alkyl halides is 1. The van der Waals surface area contributed by atoms with Crippen molar-refractivity contribution in [2.45, 2.75) is 50.8 Å². The molecule has 1 saturated heterocycles. The van der Waals surface area contributed by atoms with Crippen LogP contribution in [0.1, 0.15) is 29.7 Å². The number of H-pyrrole nitrogens is 1. The number of nitrogens with two attached hydrogens (primary N) is 1. The van der Waals surface area contributed by atoms with Gasteiger partial charge in [0, 0.05) is 0 Å². The molecule has 0 radical (unpaired) electrons. The number of hydrogen-bond donors (Lipinski definition) is 3. The molecule has 1 aliphatic heterocycles. The number of nitrogens with zero attached hydrogens (tertiary/aromatic N) is 1. The van der Waals surface area contributed by atoms with E-state index in [1.165, 1.54) is 31.2 Å². The Kier molecular flexibility index (Phi) is 8.34. The van der Waals surface area contributed by atoms with Crippen molar-refractivity contribution in [1.82, 2.24) is 9.55 Å². The van der Waals surface area contributed by atoms with Crippen molar-refractivity contribution in [2.75, 3.05) is 19.4 Å². The number of aliphatic hydroxyl groups is 1. The average Bonchev–Trinajstić information content (AvgIpc) is 3.12. The lowest BCUT2D eigenvalue weighted by Gasteiger charge is -2.30. The summed E-state index contributed by atoms with van der Waals surface area (Å²) >= 11 is 0. The third-order valence-corrected chi connectivity index (χ3v) is 7.40. The highest BCUT2D eigenvalue weighted by Crippen LogP contribution is 2.51. The second-order valence-electron chi connectivity index (χ2n) is 9.04. The van der Waals surface area contributed by atoms with E-state index < -0.39 is 86.0 Å². The third-order valence-electron chi connectivity index (χ3n) is 5.53. The molecule has 3 rings (SSSR count). The quantitative estimate of drug-likeness (QED) is 0.269. The van der Waals surface area contributed by atoms with Crippen LogP contribution in [0, 0.1) is 11.7 Å². The molecule has 12 nitrogen and oxygen atoms in total. The van der Waals surface area contributed by atoms with E-state index in [0.717, 1.165) is 0 Å². The summed E-state index contributed by atoms with van der Waals surface area (Å²) in [5.41, 5.74) is 0.747. The van der Waals surface area contributed by atoms with Gasteiger partial charge in [-0.3, -0.25) is 23.7 Å². The van der Waals surface area contributed by atoms with Gasteiger partial charge in [-0.15, -0.1) is 0 Å². The minimum atomic E-state index is -4.64. The maximum atomic E-state index is 14.2. The first-order valence-corrected chi connectivity index (χ1v) is 13.2. The Morgan fingerprint density at radius 2 is 2.00 bits per heavy atom. The number of aliphatic hydroxyl groups excluding tert-OH is 1. The predicted octanol–water partition coefficient (Wildman–Crippen LogP) is 1.48. The third kappa shape index (κ3) is 6.56. The summed E-state index contributed by atoms with van der Waals surface area (Å²) in [6, 6.07) is 7.48. The number of ether oxygens (including phenoxy) is 2. The Bertz CT molecular complexity index is 1380. The summed E-state index contributed by atoms with van der Waals surface area (Å²) < 4.78 is 80.6. The van der Waals surface area contributed by atoms with Gasteiger partial charge < -0.3 is 24.8 Å². The number of aromatic amines is 1. The molecule has 2 heterocycles. The maximum absolute atomic E-state index is 14.2. The number of rotatable bonds is 11. The Balaban J connectivity index is 1.98. The van der Waals surface area contributed by atoms with Gasteiger partial charge in [0.2, 0.25) is 5.82 Å². The standard InChI is InChI=1S/C23H30F2N3O9P/c1-13(2)35-20(31)14(3)11-38(33,37-15-7-5-4-6-8-15)34-10-17-18(29)23(26,12-24)21(36-17)28-9-16(25)19(30)27-22(28)32/h4-9,13-14,17-18,21,29H,10-12,26H2,1-3H3,(H,27,30,32)/t14-,17-,18+,21-,23?,38-/m1/s1/i10D2. The zero-order chi connectivity index (χ0) is 30.0. The van der Waals surface area contributed by atoms with Gasteiger partial charge in [-0.25, -0.2) is 13.8 Å². The lowest BCUT2D eigenvalue weighted by atomic mass is 9.92. The summed E-state index contributed by atoms with van der Waals surface area (Å²) in [5, 5.41) is 10.9. The fourth-order valence-electron chi connectivity index (χ4n) is 3.59. The molecule has 0 amide bonds. The number of para-hydroxylation sites is 1. The highest BCUT2D eigenvalue weighted by Gasteiger charge is 2.56. The lowest BCUT2D eigenvalue weighted by Crippen LogP contribution is -2.58. The van der Waals surface area contributed by atoms with Crippen LogP contribution in [0.3, 0.4) is 0 Å². The van der Waals surface area contributed by atoms with Crippen LogP contribution in [0.4, 0.5) is 8.78 Å². The number of carbonyl (C=O) groups excluding carboxylic acids is 1. The molecule has 1 fully saturated rings. The van der Waals surface area contributed by atoms with Crippen molar-refractivity contribution in [3.05, 3.63) is 63.2 Å². The van der Waals surface area contributed by atoms with Crippen molar-refractivity contribution < 1.29 is 44.5 Å². The molecule has 1 aromatic carbocycles. The summed E-state index contributed by atoms with van der Waals surface area (Å²) in [6.07, 6.45) is -7.33. The molecule has 4 N–H and O–H groups in total. The number of nitrogens with one attached hydrogen (secondary N) is 1. The highest BCUT2D eigenvalue weighted by atomic mass is 31.2. The van der Waals surface area contributed by atoms with Gasteiger partial charge in [-0.2, -0.15) is 4.39 Å². The van der Waals surface area contributed by atoms with Crippen molar-refractivity contribution in [3.8, 4) is 5.75 Å². The maximum Gasteiger partial charge on any atom is 0.380 e. The topological polar surface area (TPSA) is 172 Å². The smallest absolute Gasteiger partial charge is 0.380 e. The van der Waals surface area contributed by atoms with E-state index in [1.807, 2.05) is 0 Å². The minimum absolute atomic E-state index is 0.0102. The van der Waals surface area contributed by atoms with Crippen LogP contribution in [0.2, 0.25) is 0 Å². The molecule has 0 spiro atoms. The van der Waals surface area contributed by atoms with E-state index in [9.17, 15) is 32.8 Å². The molecule has 6 atom stereocenters. The first-order chi connectivity index (χ1) is 18.5. The van der Waals surface area contributed by atoms with Crippen LogP contribution in [-0.2, 0) is 23.4 Å². The summed E-state index contributed by atoms with van der Waals surface area (Å²) in [4.78, 5) is 37.8. The fraction of sp³-hybridized carbons (Fsp3) is 0.522. The molecular formula is C23H30F2N3O9P. The molecule has 0 saturated carbocycles. The van der Waals surface area contributed by atoms with Gasteiger partial charge in [0.15, 0.2) is 6.23 Å². The van der Waals surface area contributed by atoms with Crippen molar-refractivity contribution in [2.24, 2.45) is 11.7 Å². The normalized spacial score (nSPS) is 26.8. The molecule has 1 unspecified atom stereocenters.